The number of likely N-dealkylation sites (N-methyl/N-ethyl adjacent to an activating group) is 1. The number of nitrogens with one attached hydrogen (secondary N) is 1. The van der Waals surface area contributed by atoms with Crippen LogP contribution in [0.1, 0.15) is 29.5 Å². The normalized spacial score (nSPS) is 17.2. The monoisotopic (exact) mass is 219 g/mol. The van der Waals surface area contributed by atoms with Crippen molar-refractivity contribution in [3.05, 3.63) is 28.8 Å². The fraction of sp³-hybridized carbons (Fsp3) is 0.571. The van der Waals surface area contributed by atoms with Gasteiger partial charge in [-0.25, -0.2) is 0 Å². The van der Waals surface area contributed by atoms with E-state index >= 15 is 0 Å². The van der Waals surface area contributed by atoms with Crippen LogP contribution < -0.4 is 10.1 Å². The summed E-state index contributed by atoms with van der Waals surface area (Å²) in [4.78, 5) is 0. The standard InChI is InChI=1S/C14H21NO/c1-10-7-12(8-11(2)13(10)16-4)9-14(15-3)5-6-14/h7-8,15H,5-6,9H2,1-4H3. The lowest BCUT2D eigenvalue weighted by molar-refractivity contribution is 0.408. The van der Waals surface area contributed by atoms with Crippen molar-refractivity contribution >= 4 is 0 Å². The van der Waals surface area contributed by atoms with Gasteiger partial charge in [0.2, 0.25) is 0 Å². The molecule has 0 heterocycles. The Labute approximate surface area is 98.0 Å². The van der Waals surface area contributed by atoms with Gasteiger partial charge >= 0.3 is 0 Å². The van der Waals surface area contributed by atoms with Gasteiger partial charge in [0.15, 0.2) is 0 Å². The second-order valence-electron chi connectivity index (χ2n) is 4.97. The molecule has 2 nitrogen and oxygen atoms in total. The first-order valence-electron chi connectivity index (χ1n) is 5.93. The Balaban J connectivity index is 2.23. The minimum Gasteiger partial charge on any atom is -0.496 e. The van der Waals surface area contributed by atoms with Crippen molar-refractivity contribution in [3.8, 4) is 5.75 Å². The Bertz CT molecular complexity index is 371. The van der Waals surface area contributed by atoms with Gasteiger partial charge in [0.1, 0.15) is 5.75 Å². The minimum atomic E-state index is 0.382. The highest BCUT2D eigenvalue weighted by molar-refractivity contribution is 5.44. The predicted octanol–water partition coefficient (Wildman–Crippen LogP) is 2.61. The van der Waals surface area contributed by atoms with Gasteiger partial charge in [-0.05, 0) is 56.8 Å². The van der Waals surface area contributed by atoms with Crippen molar-refractivity contribution < 1.29 is 4.74 Å². The highest BCUT2D eigenvalue weighted by Crippen LogP contribution is 2.39. The molecule has 1 N–H and O–H groups in total. The number of ether oxygens (including phenoxy) is 1. The molecule has 0 bridgehead atoms. The molecule has 0 aliphatic heterocycles. The molecule has 0 radical (unpaired) electrons. The van der Waals surface area contributed by atoms with Crippen LogP contribution in [0.2, 0.25) is 0 Å². The van der Waals surface area contributed by atoms with Crippen molar-refractivity contribution in [2.24, 2.45) is 0 Å². The van der Waals surface area contributed by atoms with E-state index in [-0.39, 0.29) is 0 Å². The van der Waals surface area contributed by atoms with Crippen molar-refractivity contribution in [2.45, 2.75) is 38.6 Å². The maximum atomic E-state index is 5.39. The van der Waals surface area contributed by atoms with E-state index in [4.69, 9.17) is 4.74 Å². The van der Waals surface area contributed by atoms with Crippen LogP contribution in [0, 0.1) is 13.8 Å². The summed E-state index contributed by atoms with van der Waals surface area (Å²) in [7, 11) is 3.81. The summed E-state index contributed by atoms with van der Waals surface area (Å²) >= 11 is 0. The third-order valence-corrected chi connectivity index (χ3v) is 3.65. The molecular weight excluding hydrogens is 198 g/mol. The average Bonchev–Trinajstić information content (AvgIpc) is 2.98. The first kappa shape index (κ1) is 11.5. The molecular formula is C14H21NO. The Hall–Kier alpha value is -1.02. The molecule has 1 aromatic carbocycles. The van der Waals surface area contributed by atoms with Crippen LogP contribution in [0.4, 0.5) is 0 Å². The Morgan fingerprint density at radius 3 is 2.19 bits per heavy atom. The second-order valence-corrected chi connectivity index (χ2v) is 4.97. The number of methoxy groups -OCH3 is 1. The summed E-state index contributed by atoms with van der Waals surface area (Å²) in [5.74, 6) is 1.03. The van der Waals surface area contributed by atoms with E-state index in [1.165, 1.54) is 29.5 Å². The quantitative estimate of drug-likeness (QED) is 0.840. The number of hydrogen-bond donors (Lipinski definition) is 1. The molecule has 16 heavy (non-hydrogen) atoms. The number of aryl methyl sites for hydroxylation is 2. The summed E-state index contributed by atoms with van der Waals surface area (Å²) in [6, 6.07) is 4.51. The molecule has 1 aliphatic rings. The summed E-state index contributed by atoms with van der Waals surface area (Å²) in [5.41, 5.74) is 4.28. The molecule has 1 aromatic rings. The molecule has 0 aromatic heterocycles. The second kappa shape index (κ2) is 4.10. The van der Waals surface area contributed by atoms with E-state index in [9.17, 15) is 0 Å². The zero-order chi connectivity index (χ0) is 11.8. The van der Waals surface area contributed by atoms with Crippen molar-refractivity contribution in [1.82, 2.24) is 5.32 Å². The smallest absolute Gasteiger partial charge is 0.124 e. The van der Waals surface area contributed by atoms with Crippen LogP contribution >= 0.6 is 0 Å². The third-order valence-electron chi connectivity index (χ3n) is 3.65. The first-order valence-corrected chi connectivity index (χ1v) is 5.93. The van der Waals surface area contributed by atoms with Crippen LogP contribution in [0.3, 0.4) is 0 Å². The van der Waals surface area contributed by atoms with Crippen LogP contribution in [0.5, 0.6) is 5.75 Å². The van der Waals surface area contributed by atoms with Crippen molar-refractivity contribution in [2.75, 3.05) is 14.2 Å². The molecule has 2 heteroatoms. The van der Waals surface area contributed by atoms with Gasteiger partial charge in [-0.2, -0.15) is 0 Å². The van der Waals surface area contributed by atoms with Gasteiger partial charge in [-0.1, -0.05) is 12.1 Å². The van der Waals surface area contributed by atoms with Gasteiger partial charge in [0.05, 0.1) is 7.11 Å². The SMILES string of the molecule is CNC1(Cc2cc(C)c(OC)c(C)c2)CC1. The maximum Gasteiger partial charge on any atom is 0.124 e. The maximum absolute atomic E-state index is 5.39. The van der Waals surface area contributed by atoms with Gasteiger partial charge in [-0.15, -0.1) is 0 Å². The highest BCUT2D eigenvalue weighted by Gasteiger charge is 2.40. The molecule has 1 aliphatic carbocycles. The van der Waals surface area contributed by atoms with Gasteiger partial charge in [0, 0.05) is 5.54 Å². The van der Waals surface area contributed by atoms with E-state index in [1.54, 1.807) is 7.11 Å². The molecule has 1 fully saturated rings. The molecule has 0 saturated heterocycles. The van der Waals surface area contributed by atoms with Gasteiger partial charge < -0.3 is 10.1 Å². The Kier molecular flexibility index (Phi) is 2.94. The average molecular weight is 219 g/mol. The summed E-state index contributed by atoms with van der Waals surface area (Å²) < 4.78 is 5.39. The van der Waals surface area contributed by atoms with E-state index < -0.39 is 0 Å². The number of hydrogen-bond acceptors (Lipinski definition) is 2. The van der Waals surface area contributed by atoms with Crippen molar-refractivity contribution in [1.29, 1.82) is 0 Å². The van der Waals surface area contributed by atoms with Crippen LogP contribution in [0.15, 0.2) is 12.1 Å². The number of rotatable bonds is 4. The Morgan fingerprint density at radius 2 is 1.81 bits per heavy atom. The minimum absolute atomic E-state index is 0.382. The van der Waals surface area contributed by atoms with E-state index in [2.05, 4.69) is 38.3 Å². The molecule has 1 saturated carbocycles. The highest BCUT2D eigenvalue weighted by atomic mass is 16.5. The van der Waals surface area contributed by atoms with E-state index in [0.29, 0.717) is 5.54 Å². The zero-order valence-corrected chi connectivity index (χ0v) is 10.7. The summed E-state index contributed by atoms with van der Waals surface area (Å²) in [5, 5.41) is 3.44. The Morgan fingerprint density at radius 1 is 1.25 bits per heavy atom. The number of benzene rings is 1. The summed E-state index contributed by atoms with van der Waals surface area (Å²) in [6.07, 6.45) is 3.73. The van der Waals surface area contributed by atoms with E-state index in [0.717, 1.165) is 12.2 Å². The van der Waals surface area contributed by atoms with E-state index in [1.807, 2.05) is 0 Å². The van der Waals surface area contributed by atoms with Crippen LogP contribution in [0.25, 0.3) is 0 Å². The predicted molar refractivity (Wildman–Crippen MR) is 67.2 cm³/mol. The van der Waals surface area contributed by atoms with Crippen LogP contribution in [-0.4, -0.2) is 19.7 Å². The molecule has 0 unspecified atom stereocenters. The molecule has 88 valence electrons. The lowest BCUT2D eigenvalue weighted by atomic mass is 9.99. The summed E-state index contributed by atoms with van der Waals surface area (Å²) in [6.45, 7) is 4.24. The van der Waals surface area contributed by atoms with Crippen LogP contribution in [-0.2, 0) is 6.42 Å². The first-order chi connectivity index (χ1) is 7.60. The zero-order valence-electron chi connectivity index (χ0n) is 10.7. The molecule has 0 amide bonds. The van der Waals surface area contributed by atoms with Gasteiger partial charge in [-0.3, -0.25) is 0 Å². The third kappa shape index (κ3) is 2.07. The van der Waals surface area contributed by atoms with Crippen molar-refractivity contribution in [3.63, 3.8) is 0 Å². The lowest BCUT2D eigenvalue weighted by Gasteiger charge is -2.16. The molecule has 0 atom stereocenters. The fourth-order valence-corrected chi connectivity index (χ4v) is 2.52. The largest absolute Gasteiger partial charge is 0.496 e. The van der Waals surface area contributed by atoms with Gasteiger partial charge in [0.25, 0.3) is 0 Å². The molecule has 2 rings (SSSR count). The topological polar surface area (TPSA) is 21.3 Å². The molecule has 0 spiro atoms. The lowest BCUT2D eigenvalue weighted by Crippen LogP contribution is -2.29. The fourth-order valence-electron chi connectivity index (χ4n) is 2.52.